The first-order valence-electron chi connectivity index (χ1n) is 6.65. The number of hydrogen-bond acceptors (Lipinski definition) is 2. The predicted octanol–water partition coefficient (Wildman–Crippen LogP) is 3.06. The first kappa shape index (κ1) is 14.8. The fraction of sp³-hybridized carbons (Fsp3) is 0.500. The minimum absolute atomic E-state index is 0.204. The zero-order chi connectivity index (χ0) is 13.4. The smallest absolute Gasteiger partial charge is 0.0391 e. The van der Waals surface area contributed by atoms with E-state index in [2.05, 4.69) is 55.4 Å². The van der Waals surface area contributed by atoms with E-state index in [0.717, 1.165) is 12.8 Å². The molecule has 1 aromatic carbocycles. The summed E-state index contributed by atoms with van der Waals surface area (Å²) in [7, 11) is 0. The van der Waals surface area contributed by atoms with Gasteiger partial charge in [-0.15, -0.1) is 11.8 Å². The quantitative estimate of drug-likeness (QED) is 0.458. The molecule has 0 aliphatic rings. The number of hydrazine groups is 1. The Labute approximate surface area is 111 Å². The Bertz CT molecular complexity index is 389. The molecule has 0 aromatic heterocycles. The highest BCUT2D eigenvalue weighted by molar-refractivity contribution is 5.23. The molecule has 0 heterocycles. The molecule has 1 aromatic rings. The molecule has 1 rings (SSSR count). The maximum atomic E-state index is 5.73. The van der Waals surface area contributed by atoms with E-state index in [4.69, 9.17) is 5.84 Å². The minimum Gasteiger partial charge on any atom is -0.271 e. The third-order valence-electron chi connectivity index (χ3n) is 3.59. The van der Waals surface area contributed by atoms with Gasteiger partial charge in [-0.1, -0.05) is 50.6 Å². The standard InChI is InChI=1S/C16H24N2/c1-4-6-12-15(18-17)16(13(3)5-2)14-10-8-7-9-11-14/h7-11,13,15-16,18H,5,12,17H2,1-3H3. The molecule has 3 atom stereocenters. The first-order chi connectivity index (χ1) is 8.74. The van der Waals surface area contributed by atoms with Gasteiger partial charge < -0.3 is 0 Å². The van der Waals surface area contributed by atoms with E-state index in [1.807, 2.05) is 13.0 Å². The van der Waals surface area contributed by atoms with Crippen LogP contribution in [0.3, 0.4) is 0 Å². The normalized spacial score (nSPS) is 15.3. The molecule has 98 valence electrons. The van der Waals surface area contributed by atoms with Crippen LogP contribution in [0.4, 0.5) is 0 Å². The van der Waals surface area contributed by atoms with Crippen molar-refractivity contribution in [3.63, 3.8) is 0 Å². The third kappa shape index (κ3) is 3.87. The molecular weight excluding hydrogens is 220 g/mol. The highest BCUT2D eigenvalue weighted by Crippen LogP contribution is 2.31. The van der Waals surface area contributed by atoms with E-state index in [1.165, 1.54) is 5.56 Å². The number of rotatable bonds is 6. The zero-order valence-corrected chi connectivity index (χ0v) is 11.6. The molecule has 0 amide bonds. The van der Waals surface area contributed by atoms with E-state index in [-0.39, 0.29) is 6.04 Å². The van der Waals surface area contributed by atoms with Gasteiger partial charge in [-0.25, -0.2) is 0 Å². The summed E-state index contributed by atoms with van der Waals surface area (Å²) in [4.78, 5) is 0. The van der Waals surface area contributed by atoms with Crippen LogP contribution in [-0.4, -0.2) is 6.04 Å². The van der Waals surface area contributed by atoms with Gasteiger partial charge in [0.2, 0.25) is 0 Å². The van der Waals surface area contributed by atoms with Crippen LogP contribution in [0, 0.1) is 17.8 Å². The van der Waals surface area contributed by atoms with Crippen LogP contribution in [0.25, 0.3) is 0 Å². The average molecular weight is 244 g/mol. The monoisotopic (exact) mass is 244 g/mol. The Morgan fingerprint density at radius 1 is 1.28 bits per heavy atom. The molecule has 0 spiro atoms. The molecule has 0 saturated carbocycles. The fourth-order valence-electron chi connectivity index (χ4n) is 2.39. The van der Waals surface area contributed by atoms with Crippen LogP contribution in [0.15, 0.2) is 30.3 Å². The Morgan fingerprint density at radius 3 is 2.44 bits per heavy atom. The zero-order valence-electron chi connectivity index (χ0n) is 11.6. The number of hydrogen-bond donors (Lipinski definition) is 2. The number of benzene rings is 1. The van der Waals surface area contributed by atoms with Gasteiger partial charge >= 0.3 is 0 Å². The van der Waals surface area contributed by atoms with Crippen LogP contribution in [0.1, 0.15) is 45.1 Å². The van der Waals surface area contributed by atoms with E-state index < -0.39 is 0 Å². The van der Waals surface area contributed by atoms with Crippen molar-refractivity contribution in [2.45, 2.75) is 45.6 Å². The van der Waals surface area contributed by atoms with Crippen LogP contribution in [0.5, 0.6) is 0 Å². The number of nitrogens with one attached hydrogen (secondary N) is 1. The second-order valence-corrected chi connectivity index (χ2v) is 4.73. The minimum atomic E-state index is 0.204. The van der Waals surface area contributed by atoms with Gasteiger partial charge in [-0.3, -0.25) is 11.3 Å². The van der Waals surface area contributed by atoms with Gasteiger partial charge in [-0.05, 0) is 18.4 Å². The van der Waals surface area contributed by atoms with Gasteiger partial charge in [0.25, 0.3) is 0 Å². The molecule has 2 heteroatoms. The van der Waals surface area contributed by atoms with E-state index in [1.54, 1.807) is 0 Å². The summed E-state index contributed by atoms with van der Waals surface area (Å²) in [5.41, 5.74) is 4.29. The third-order valence-corrected chi connectivity index (χ3v) is 3.59. The summed E-state index contributed by atoms with van der Waals surface area (Å²) in [6.07, 6.45) is 1.92. The van der Waals surface area contributed by atoms with Gasteiger partial charge in [0.1, 0.15) is 0 Å². The molecule has 0 aliphatic heterocycles. The van der Waals surface area contributed by atoms with Gasteiger partial charge in [0.05, 0.1) is 0 Å². The van der Waals surface area contributed by atoms with Crippen molar-refractivity contribution in [2.24, 2.45) is 11.8 Å². The molecule has 0 saturated heterocycles. The average Bonchev–Trinajstić information content (AvgIpc) is 2.43. The number of nitrogens with two attached hydrogens (primary N) is 1. The fourth-order valence-corrected chi connectivity index (χ4v) is 2.39. The predicted molar refractivity (Wildman–Crippen MR) is 77.8 cm³/mol. The lowest BCUT2D eigenvalue weighted by Crippen LogP contribution is -2.41. The molecule has 0 radical (unpaired) electrons. The lowest BCUT2D eigenvalue weighted by molar-refractivity contribution is 0.341. The van der Waals surface area contributed by atoms with Crippen LogP contribution >= 0.6 is 0 Å². The summed E-state index contributed by atoms with van der Waals surface area (Å²) in [6, 6.07) is 10.8. The summed E-state index contributed by atoms with van der Waals surface area (Å²) in [6.45, 7) is 6.37. The van der Waals surface area contributed by atoms with Crippen LogP contribution < -0.4 is 11.3 Å². The molecule has 2 nitrogen and oxygen atoms in total. The van der Waals surface area contributed by atoms with Gasteiger partial charge in [-0.2, -0.15) is 0 Å². The second kappa shape index (κ2) is 7.92. The summed E-state index contributed by atoms with van der Waals surface area (Å²) >= 11 is 0. The Morgan fingerprint density at radius 2 is 1.94 bits per heavy atom. The highest BCUT2D eigenvalue weighted by Gasteiger charge is 2.26. The molecule has 3 unspecified atom stereocenters. The van der Waals surface area contributed by atoms with Crippen molar-refractivity contribution in [2.75, 3.05) is 0 Å². The lowest BCUT2D eigenvalue weighted by atomic mass is 9.79. The van der Waals surface area contributed by atoms with Crippen molar-refractivity contribution < 1.29 is 0 Å². The lowest BCUT2D eigenvalue weighted by Gasteiger charge is -2.30. The summed E-state index contributed by atoms with van der Waals surface area (Å²) in [5, 5.41) is 0. The maximum absolute atomic E-state index is 5.73. The molecule has 0 bridgehead atoms. The van der Waals surface area contributed by atoms with Crippen molar-refractivity contribution >= 4 is 0 Å². The maximum Gasteiger partial charge on any atom is 0.0391 e. The van der Waals surface area contributed by atoms with Crippen molar-refractivity contribution in [3.8, 4) is 11.8 Å². The van der Waals surface area contributed by atoms with E-state index in [9.17, 15) is 0 Å². The van der Waals surface area contributed by atoms with Crippen molar-refractivity contribution in [1.29, 1.82) is 0 Å². The van der Waals surface area contributed by atoms with Crippen LogP contribution in [-0.2, 0) is 0 Å². The Balaban J connectivity index is 2.98. The van der Waals surface area contributed by atoms with Crippen LogP contribution in [0.2, 0.25) is 0 Å². The Hall–Kier alpha value is -1.30. The SMILES string of the molecule is CC#CCC(NN)C(c1ccccc1)C(C)CC. The Kier molecular flexibility index (Phi) is 6.49. The first-order valence-corrected chi connectivity index (χ1v) is 6.65. The molecule has 0 fully saturated rings. The molecular formula is C16H24N2. The van der Waals surface area contributed by atoms with Crippen molar-refractivity contribution in [3.05, 3.63) is 35.9 Å². The molecule has 3 N–H and O–H groups in total. The summed E-state index contributed by atoms with van der Waals surface area (Å²) in [5.74, 6) is 12.8. The molecule has 18 heavy (non-hydrogen) atoms. The van der Waals surface area contributed by atoms with Gasteiger partial charge in [0, 0.05) is 18.4 Å². The van der Waals surface area contributed by atoms with E-state index >= 15 is 0 Å². The van der Waals surface area contributed by atoms with E-state index in [0.29, 0.717) is 11.8 Å². The van der Waals surface area contributed by atoms with Gasteiger partial charge in [0.15, 0.2) is 0 Å². The highest BCUT2D eigenvalue weighted by atomic mass is 15.2. The molecule has 0 aliphatic carbocycles. The van der Waals surface area contributed by atoms with Crippen molar-refractivity contribution in [1.82, 2.24) is 5.43 Å². The second-order valence-electron chi connectivity index (χ2n) is 4.73. The largest absolute Gasteiger partial charge is 0.271 e. The summed E-state index contributed by atoms with van der Waals surface area (Å²) < 4.78 is 0. The topological polar surface area (TPSA) is 38.0 Å².